The molecule has 0 aromatic carbocycles. The van der Waals surface area contributed by atoms with E-state index in [1.807, 2.05) is 0 Å². The first-order valence-corrected chi connectivity index (χ1v) is 28.0. The Bertz CT molecular complexity index is 1470. The highest BCUT2D eigenvalue weighted by Crippen LogP contribution is 2.13. The summed E-state index contributed by atoms with van der Waals surface area (Å²) in [6.45, 7) is 6.39. The van der Waals surface area contributed by atoms with Crippen LogP contribution in [0.2, 0.25) is 0 Å². The van der Waals surface area contributed by atoms with Crippen LogP contribution in [0, 0.1) is 0 Å². The van der Waals surface area contributed by atoms with Gasteiger partial charge in [0, 0.05) is 19.3 Å². The van der Waals surface area contributed by atoms with Gasteiger partial charge in [0.2, 0.25) is 0 Å². The lowest BCUT2D eigenvalue weighted by Crippen LogP contribution is -2.30. The van der Waals surface area contributed by atoms with Gasteiger partial charge < -0.3 is 14.2 Å². The molecule has 1 atom stereocenters. The van der Waals surface area contributed by atoms with E-state index in [0.29, 0.717) is 19.3 Å². The molecule has 6 nitrogen and oxygen atoms in total. The third-order valence-electron chi connectivity index (χ3n) is 11.4. The van der Waals surface area contributed by atoms with E-state index >= 15 is 0 Å². The van der Waals surface area contributed by atoms with Gasteiger partial charge in [-0.2, -0.15) is 0 Å². The maximum atomic E-state index is 12.8. The number of ether oxygens (including phenoxy) is 3. The maximum absolute atomic E-state index is 12.8. The van der Waals surface area contributed by atoms with Crippen LogP contribution in [0.25, 0.3) is 0 Å². The molecule has 0 bridgehead atoms. The number of hydrogen-bond acceptors (Lipinski definition) is 6. The average molecular weight is 956 g/mol. The first-order chi connectivity index (χ1) is 34.0. The van der Waals surface area contributed by atoms with Gasteiger partial charge in [-0.3, -0.25) is 14.4 Å². The molecule has 0 amide bonds. The summed E-state index contributed by atoms with van der Waals surface area (Å²) < 4.78 is 16.8. The van der Waals surface area contributed by atoms with E-state index < -0.39 is 6.10 Å². The van der Waals surface area contributed by atoms with Crippen molar-refractivity contribution >= 4 is 17.9 Å². The molecule has 0 aliphatic carbocycles. The molecule has 0 fully saturated rings. The molecule has 0 heterocycles. The van der Waals surface area contributed by atoms with E-state index in [1.54, 1.807) is 0 Å². The van der Waals surface area contributed by atoms with Gasteiger partial charge in [-0.15, -0.1) is 0 Å². The molecule has 0 radical (unpaired) electrons. The Morgan fingerprint density at radius 2 is 0.580 bits per heavy atom. The van der Waals surface area contributed by atoms with Crippen molar-refractivity contribution < 1.29 is 28.6 Å². The van der Waals surface area contributed by atoms with Crippen molar-refractivity contribution in [2.24, 2.45) is 0 Å². The normalized spacial score (nSPS) is 13.0. The maximum Gasteiger partial charge on any atom is 0.306 e. The van der Waals surface area contributed by atoms with Gasteiger partial charge in [0.15, 0.2) is 6.10 Å². The summed E-state index contributed by atoms with van der Waals surface area (Å²) in [5.74, 6) is -1.00. The number of unbranched alkanes of at least 4 members (excludes halogenated alkanes) is 18. The van der Waals surface area contributed by atoms with Crippen molar-refractivity contribution in [2.45, 2.75) is 245 Å². The zero-order valence-corrected chi connectivity index (χ0v) is 44.5. The molecule has 0 spiro atoms. The summed E-state index contributed by atoms with van der Waals surface area (Å²) in [7, 11) is 0. The van der Waals surface area contributed by atoms with Crippen LogP contribution in [0.15, 0.2) is 122 Å². The zero-order chi connectivity index (χ0) is 50.0. The lowest BCUT2D eigenvalue weighted by atomic mass is 10.1. The third-order valence-corrected chi connectivity index (χ3v) is 11.4. The quantitative estimate of drug-likeness (QED) is 0.0262. The highest BCUT2D eigenvalue weighted by Gasteiger charge is 2.19. The Labute approximate surface area is 424 Å². The van der Waals surface area contributed by atoms with Crippen molar-refractivity contribution in [3.05, 3.63) is 122 Å². The second-order valence-corrected chi connectivity index (χ2v) is 18.1. The molecule has 0 unspecified atom stereocenters. The molecule has 0 saturated carbocycles. The Balaban J connectivity index is 4.54. The molecule has 6 heteroatoms. The fraction of sp³-hybridized carbons (Fsp3) is 0.635. The molecule has 0 N–H and O–H groups in total. The predicted molar refractivity (Wildman–Crippen MR) is 297 cm³/mol. The van der Waals surface area contributed by atoms with E-state index in [2.05, 4.69) is 142 Å². The van der Waals surface area contributed by atoms with Gasteiger partial charge in [-0.05, 0) is 128 Å². The molecule has 0 aliphatic heterocycles. The number of hydrogen-bond donors (Lipinski definition) is 0. The summed E-state index contributed by atoms with van der Waals surface area (Å²) in [4.78, 5) is 38.1. The highest BCUT2D eigenvalue weighted by molar-refractivity contribution is 5.71. The second-order valence-electron chi connectivity index (χ2n) is 18.1. The first kappa shape index (κ1) is 64.8. The fourth-order valence-corrected chi connectivity index (χ4v) is 7.22. The highest BCUT2D eigenvalue weighted by atomic mass is 16.6. The third kappa shape index (κ3) is 54.6. The molecule has 69 heavy (non-hydrogen) atoms. The molecule has 390 valence electrons. The minimum atomic E-state index is -0.823. The van der Waals surface area contributed by atoms with E-state index in [1.165, 1.54) is 64.2 Å². The van der Waals surface area contributed by atoms with Crippen LogP contribution in [0.4, 0.5) is 0 Å². The summed E-state index contributed by atoms with van der Waals surface area (Å²) in [6, 6.07) is 0. The van der Waals surface area contributed by atoms with Gasteiger partial charge in [0.05, 0.1) is 0 Å². The number of esters is 3. The summed E-state index contributed by atoms with van der Waals surface area (Å²) in [5, 5.41) is 0. The molecule has 0 aromatic rings. The van der Waals surface area contributed by atoms with Crippen LogP contribution in [-0.4, -0.2) is 37.2 Å². The minimum Gasteiger partial charge on any atom is -0.462 e. The van der Waals surface area contributed by atoms with E-state index in [-0.39, 0.29) is 37.5 Å². The van der Waals surface area contributed by atoms with Crippen LogP contribution >= 0.6 is 0 Å². The van der Waals surface area contributed by atoms with Crippen LogP contribution < -0.4 is 0 Å². The summed E-state index contributed by atoms with van der Waals surface area (Å²) in [6.07, 6.45) is 77.6. The molecular weight excluding hydrogens is 853 g/mol. The fourth-order valence-electron chi connectivity index (χ4n) is 7.22. The Hall–Kier alpha value is -4.19. The number of carbonyl (C=O) groups excluding carboxylic acids is 3. The summed E-state index contributed by atoms with van der Waals surface area (Å²) in [5.41, 5.74) is 0. The van der Waals surface area contributed by atoms with Crippen LogP contribution in [0.1, 0.15) is 239 Å². The molecular formula is C63H102O6. The zero-order valence-electron chi connectivity index (χ0n) is 44.5. The van der Waals surface area contributed by atoms with Gasteiger partial charge >= 0.3 is 17.9 Å². The largest absolute Gasteiger partial charge is 0.462 e. The molecule has 0 rings (SSSR count). The average Bonchev–Trinajstić information content (AvgIpc) is 3.35. The Kier molecular flexibility index (Phi) is 53.0. The number of rotatable bonds is 49. The number of carbonyl (C=O) groups is 3. The summed E-state index contributed by atoms with van der Waals surface area (Å²) >= 11 is 0. The van der Waals surface area contributed by atoms with E-state index in [9.17, 15) is 14.4 Å². The van der Waals surface area contributed by atoms with Crippen molar-refractivity contribution in [3.8, 4) is 0 Å². The van der Waals surface area contributed by atoms with Crippen molar-refractivity contribution in [3.63, 3.8) is 0 Å². The van der Waals surface area contributed by atoms with Crippen molar-refractivity contribution in [2.75, 3.05) is 13.2 Å². The topological polar surface area (TPSA) is 78.9 Å². The molecule has 0 aromatic heterocycles. The van der Waals surface area contributed by atoms with Gasteiger partial charge in [0.25, 0.3) is 0 Å². The Morgan fingerprint density at radius 3 is 0.928 bits per heavy atom. The van der Waals surface area contributed by atoms with Crippen molar-refractivity contribution in [1.29, 1.82) is 0 Å². The lowest BCUT2D eigenvalue weighted by Gasteiger charge is -2.18. The first-order valence-electron chi connectivity index (χ1n) is 28.0. The monoisotopic (exact) mass is 955 g/mol. The van der Waals surface area contributed by atoms with Gasteiger partial charge in [-0.1, -0.05) is 213 Å². The van der Waals surface area contributed by atoms with Crippen LogP contribution in [0.5, 0.6) is 0 Å². The lowest BCUT2D eigenvalue weighted by molar-refractivity contribution is -0.167. The Morgan fingerprint density at radius 1 is 0.304 bits per heavy atom. The molecule has 0 saturated heterocycles. The van der Waals surface area contributed by atoms with Gasteiger partial charge in [0.1, 0.15) is 13.2 Å². The van der Waals surface area contributed by atoms with Crippen molar-refractivity contribution in [1.82, 2.24) is 0 Å². The minimum absolute atomic E-state index is 0.116. The van der Waals surface area contributed by atoms with E-state index in [4.69, 9.17) is 14.2 Å². The predicted octanol–water partition coefficient (Wildman–Crippen LogP) is 18.9. The van der Waals surface area contributed by atoms with Crippen LogP contribution in [0.3, 0.4) is 0 Å². The second kappa shape index (κ2) is 56.4. The SMILES string of the molecule is CC/C=C\C/C=C\C/C=C\CCCCCCCC(=O)OC[C@H](COC(=O)CCCCCCCC/C=C\C/C=C\C/C=C\CCCCC)OC(=O)CCC/C=C\C/C=C\C/C=C\C/C=C\CCCCC. The molecule has 0 aliphatic rings. The van der Waals surface area contributed by atoms with Crippen LogP contribution in [-0.2, 0) is 28.6 Å². The van der Waals surface area contributed by atoms with Gasteiger partial charge in [-0.25, -0.2) is 0 Å². The van der Waals surface area contributed by atoms with E-state index in [0.717, 1.165) is 128 Å². The number of allylic oxidation sites excluding steroid dienone is 20. The standard InChI is InChI=1S/C63H102O6/c1-4-7-10-13-16-19-22-25-28-30-31-33-35-38-41-44-47-50-53-56-62(65)68-59-60(58-67-61(64)55-52-49-46-43-40-37-34-27-24-21-18-15-12-9-6-3)69-63(66)57-54-51-48-45-42-39-36-32-29-26-23-20-17-14-11-8-5-2/h9,12,16-21,25-29,31,33-34,36,39,45,48,60H,4-8,10-11,13-15,22-24,30,32,35,37-38,40-44,46-47,49-59H2,1-3H3/b12-9-,19-16-,20-17-,21-18-,28-25-,29-26-,33-31-,34-27-,39-36-,48-45-/t60-/m1/s1. The smallest absolute Gasteiger partial charge is 0.306 e.